The van der Waals surface area contributed by atoms with Gasteiger partial charge >= 0.3 is 0 Å². The Kier molecular flexibility index (Phi) is 6.48. The number of carbonyl (C=O) groups is 1. The molecule has 0 saturated carbocycles. The van der Waals surface area contributed by atoms with Crippen molar-refractivity contribution in [1.29, 1.82) is 0 Å². The van der Waals surface area contributed by atoms with E-state index >= 15 is 0 Å². The van der Waals surface area contributed by atoms with Crippen LogP contribution in [-0.2, 0) is 0 Å². The Bertz CT molecular complexity index is 1720. The van der Waals surface area contributed by atoms with Gasteiger partial charge in [0.05, 0.1) is 11.8 Å². The molecule has 0 radical (unpaired) electrons. The smallest absolute Gasteiger partial charge is 0.279 e. The first-order chi connectivity index (χ1) is 19.0. The third-order valence-electron chi connectivity index (χ3n) is 7.55. The predicted molar refractivity (Wildman–Crippen MR) is 156 cm³/mol. The number of benzene rings is 2. The second kappa shape index (κ2) is 9.76. The number of halogens is 2. The van der Waals surface area contributed by atoms with Crippen LogP contribution < -0.4 is 15.4 Å². The molecule has 0 spiro atoms. The van der Waals surface area contributed by atoms with Crippen LogP contribution >= 0.6 is 23.2 Å². The summed E-state index contributed by atoms with van der Waals surface area (Å²) >= 11 is 12.7. The lowest BCUT2D eigenvalue weighted by atomic mass is 9.97. The van der Waals surface area contributed by atoms with Crippen LogP contribution in [0.15, 0.2) is 47.4 Å². The van der Waals surface area contributed by atoms with Crippen molar-refractivity contribution in [2.75, 3.05) is 22.9 Å². The van der Waals surface area contributed by atoms with Crippen molar-refractivity contribution in [2.45, 2.75) is 45.9 Å². The van der Waals surface area contributed by atoms with E-state index in [-0.39, 0.29) is 28.8 Å². The number of aromatic amines is 1. The quantitative estimate of drug-likeness (QED) is 0.342. The van der Waals surface area contributed by atoms with Crippen molar-refractivity contribution in [1.82, 2.24) is 19.5 Å². The highest BCUT2D eigenvalue weighted by molar-refractivity contribution is 6.31. The largest absolute Gasteiger partial charge is 0.389 e. The number of β-amino-alcohol motifs (C(OH)–C–C–N with tert-alkyl or cyclic N) is 1. The van der Waals surface area contributed by atoms with E-state index in [9.17, 15) is 14.7 Å². The van der Waals surface area contributed by atoms with Crippen LogP contribution in [0.3, 0.4) is 0 Å². The van der Waals surface area contributed by atoms with E-state index in [1.54, 1.807) is 21.9 Å². The summed E-state index contributed by atoms with van der Waals surface area (Å²) in [5.41, 5.74) is 4.25. The maximum absolute atomic E-state index is 14.2. The van der Waals surface area contributed by atoms with E-state index in [0.29, 0.717) is 46.3 Å². The number of anilines is 2. The fraction of sp³-hybridized carbons (Fsp3) is 0.310. The molecule has 11 heteroatoms. The molecule has 4 aromatic rings. The summed E-state index contributed by atoms with van der Waals surface area (Å²) in [7, 11) is 0. The molecule has 2 aromatic carbocycles. The summed E-state index contributed by atoms with van der Waals surface area (Å²) < 4.78 is 1.95. The number of fused-ring (bicyclic) bond motifs is 1. The SMILES string of the molecule is Cc1cc(Cl)ccc1C1c2c(nc(-c3cnc(N4CC(O)C4)[nH]c3=O)n2C(C)C)C(=O)N1c1cc(Cl)ccc1C. The molecule has 6 rings (SSSR count). The zero-order valence-corrected chi connectivity index (χ0v) is 24.0. The second-order valence-corrected chi connectivity index (χ2v) is 11.5. The predicted octanol–water partition coefficient (Wildman–Crippen LogP) is 5.07. The van der Waals surface area contributed by atoms with E-state index in [4.69, 9.17) is 28.2 Å². The lowest BCUT2D eigenvalue weighted by Crippen LogP contribution is -2.52. The summed E-state index contributed by atoms with van der Waals surface area (Å²) in [6.07, 6.45) is 1.05. The minimum Gasteiger partial charge on any atom is -0.389 e. The molecule has 40 heavy (non-hydrogen) atoms. The number of hydrogen-bond donors (Lipinski definition) is 2. The van der Waals surface area contributed by atoms with Crippen LogP contribution in [0.4, 0.5) is 11.6 Å². The number of aryl methyl sites for hydroxylation is 2. The summed E-state index contributed by atoms with van der Waals surface area (Å²) in [6, 6.07) is 10.4. The first-order valence-corrected chi connectivity index (χ1v) is 13.8. The third kappa shape index (κ3) is 4.20. The average molecular weight is 579 g/mol. The highest BCUT2D eigenvalue weighted by atomic mass is 35.5. The molecule has 4 heterocycles. The maximum Gasteiger partial charge on any atom is 0.279 e. The molecule has 0 bridgehead atoms. The van der Waals surface area contributed by atoms with Crippen molar-refractivity contribution >= 4 is 40.7 Å². The van der Waals surface area contributed by atoms with E-state index in [2.05, 4.69) is 9.97 Å². The number of imidazole rings is 1. The van der Waals surface area contributed by atoms with Gasteiger partial charge in [0.2, 0.25) is 5.95 Å². The number of rotatable bonds is 5. The van der Waals surface area contributed by atoms with Crippen LogP contribution in [0, 0.1) is 13.8 Å². The van der Waals surface area contributed by atoms with Gasteiger partial charge in [0.15, 0.2) is 5.69 Å². The molecule has 1 fully saturated rings. The molecule has 206 valence electrons. The molecular weight excluding hydrogens is 551 g/mol. The zero-order chi connectivity index (χ0) is 28.5. The summed E-state index contributed by atoms with van der Waals surface area (Å²) in [5.74, 6) is 0.481. The molecule has 2 aliphatic heterocycles. The first-order valence-electron chi connectivity index (χ1n) is 13.1. The lowest BCUT2D eigenvalue weighted by molar-refractivity contribution is 0.0989. The van der Waals surface area contributed by atoms with Gasteiger partial charge in [-0.25, -0.2) is 9.97 Å². The van der Waals surface area contributed by atoms with E-state index in [0.717, 1.165) is 16.7 Å². The van der Waals surface area contributed by atoms with Gasteiger partial charge < -0.3 is 14.6 Å². The Balaban J connectivity index is 1.56. The number of carbonyl (C=O) groups excluding carboxylic acids is 1. The average Bonchev–Trinajstić information content (AvgIpc) is 3.39. The summed E-state index contributed by atoms with van der Waals surface area (Å²) in [6.45, 7) is 8.70. The van der Waals surface area contributed by atoms with Gasteiger partial charge in [0, 0.05) is 41.1 Å². The van der Waals surface area contributed by atoms with Crippen molar-refractivity contribution in [3.05, 3.63) is 91.1 Å². The normalized spacial score (nSPS) is 17.1. The van der Waals surface area contributed by atoms with Crippen molar-refractivity contribution in [3.8, 4) is 11.4 Å². The molecule has 1 amide bonds. The van der Waals surface area contributed by atoms with Crippen molar-refractivity contribution < 1.29 is 9.90 Å². The van der Waals surface area contributed by atoms with Crippen molar-refractivity contribution in [3.63, 3.8) is 0 Å². The summed E-state index contributed by atoms with van der Waals surface area (Å²) in [4.78, 5) is 43.1. The number of amides is 1. The van der Waals surface area contributed by atoms with E-state index in [1.807, 2.05) is 56.5 Å². The molecule has 1 saturated heterocycles. The van der Waals surface area contributed by atoms with Crippen molar-refractivity contribution in [2.24, 2.45) is 0 Å². The second-order valence-electron chi connectivity index (χ2n) is 10.7. The van der Waals surface area contributed by atoms with Crippen LogP contribution in [0.1, 0.15) is 58.8 Å². The molecule has 2 N–H and O–H groups in total. The number of aliphatic hydroxyl groups excluding tert-OH is 1. The monoisotopic (exact) mass is 578 g/mol. The van der Waals surface area contributed by atoms with Gasteiger partial charge in [-0.15, -0.1) is 0 Å². The fourth-order valence-corrected chi connectivity index (χ4v) is 5.98. The highest BCUT2D eigenvalue weighted by Crippen LogP contribution is 2.46. The lowest BCUT2D eigenvalue weighted by Gasteiger charge is -2.36. The number of nitrogens with one attached hydrogen (secondary N) is 1. The zero-order valence-electron chi connectivity index (χ0n) is 22.4. The minimum absolute atomic E-state index is 0.140. The molecule has 1 unspecified atom stereocenters. The van der Waals surface area contributed by atoms with Gasteiger partial charge in [0.1, 0.15) is 17.4 Å². The number of nitrogens with zero attached hydrogens (tertiary/aromatic N) is 5. The van der Waals surface area contributed by atoms with Gasteiger partial charge in [-0.2, -0.15) is 0 Å². The van der Waals surface area contributed by atoms with Crippen LogP contribution in [-0.4, -0.2) is 49.7 Å². The number of aliphatic hydroxyl groups is 1. The van der Waals surface area contributed by atoms with E-state index in [1.165, 1.54) is 6.20 Å². The number of aromatic nitrogens is 4. The summed E-state index contributed by atoms with van der Waals surface area (Å²) in [5, 5.41) is 10.8. The molecule has 2 aliphatic rings. The van der Waals surface area contributed by atoms with Crippen LogP contribution in [0.5, 0.6) is 0 Å². The molecular formula is C29H28Cl2N6O3. The van der Waals surface area contributed by atoms with E-state index < -0.39 is 12.1 Å². The fourth-order valence-electron chi connectivity index (χ4n) is 5.59. The minimum atomic E-state index is -0.533. The van der Waals surface area contributed by atoms with Gasteiger partial charge in [-0.05, 0) is 68.7 Å². The standard InChI is InChI=1S/C29H28Cl2N6O3/c1-14(2)36-25-23(33-26(36)21-11-32-29(34-27(21)39)35-12-19(38)13-35)28(40)37(22-10-18(31)6-5-15(22)3)24(25)20-8-7-17(30)9-16(20)4/h5-11,14,19,24,38H,12-13H2,1-4H3,(H,32,34,39). The van der Waals surface area contributed by atoms with Gasteiger partial charge in [0.25, 0.3) is 11.5 Å². The first kappa shape index (κ1) is 26.6. The topological polar surface area (TPSA) is 107 Å². The van der Waals surface area contributed by atoms with Gasteiger partial charge in [-0.1, -0.05) is 35.3 Å². The third-order valence-corrected chi connectivity index (χ3v) is 8.02. The Morgan fingerprint density at radius 2 is 1.73 bits per heavy atom. The molecule has 9 nitrogen and oxygen atoms in total. The Morgan fingerprint density at radius 1 is 1.02 bits per heavy atom. The van der Waals surface area contributed by atoms with Crippen LogP contribution in [0.25, 0.3) is 11.4 Å². The molecule has 0 aliphatic carbocycles. The highest BCUT2D eigenvalue weighted by Gasteiger charge is 2.46. The Hall–Kier alpha value is -3.66. The van der Waals surface area contributed by atoms with Crippen LogP contribution in [0.2, 0.25) is 10.0 Å². The Morgan fingerprint density at radius 3 is 2.38 bits per heavy atom. The Labute approximate surface area is 241 Å². The number of hydrogen-bond acceptors (Lipinski definition) is 6. The van der Waals surface area contributed by atoms with Gasteiger partial charge in [-0.3, -0.25) is 19.5 Å². The molecule has 2 aromatic heterocycles. The molecule has 1 atom stereocenters. The number of H-pyrrole nitrogens is 1. The maximum atomic E-state index is 14.2.